The first-order chi connectivity index (χ1) is 9.45. The van der Waals surface area contributed by atoms with E-state index in [1.54, 1.807) is 6.92 Å². The molecule has 6 heteroatoms. The van der Waals surface area contributed by atoms with E-state index in [1.165, 1.54) is 25.3 Å². The number of carbonyl (C=O) groups excluding carboxylic acids is 1. The van der Waals surface area contributed by atoms with Crippen molar-refractivity contribution < 1.29 is 23.0 Å². The van der Waals surface area contributed by atoms with Gasteiger partial charge in [-0.05, 0) is 18.6 Å². The van der Waals surface area contributed by atoms with E-state index in [0.29, 0.717) is 5.56 Å². The lowest BCUT2D eigenvalue weighted by molar-refractivity contribution is -0.0451. The van der Waals surface area contributed by atoms with Crippen LogP contribution in [0.25, 0.3) is 6.08 Å². The molecule has 0 atom stereocenters. The Balaban J connectivity index is 3.06. The van der Waals surface area contributed by atoms with Crippen molar-refractivity contribution in [2.75, 3.05) is 13.2 Å². The van der Waals surface area contributed by atoms with Gasteiger partial charge in [0, 0.05) is 12.6 Å². The van der Waals surface area contributed by atoms with E-state index in [-0.39, 0.29) is 24.5 Å². The Morgan fingerprint density at radius 2 is 2.20 bits per heavy atom. The zero-order chi connectivity index (χ0) is 15.2. The molecule has 0 aromatic carbocycles. The third-order valence-electron chi connectivity index (χ3n) is 2.59. The van der Waals surface area contributed by atoms with Gasteiger partial charge in [-0.3, -0.25) is 0 Å². The van der Waals surface area contributed by atoms with Crippen molar-refractivity contribution in [2.45, 2.75) is 26.2 Å². The molecule has 0 spiro atoms. The van der Waals surface area contributed by atoms with Crippen molar-refractivity contribution in [2.24, 2.45) is 0 Å². The molecule has 0 fully saturated rings. The second kappa shape index (κ2) is 6.98. The number of aromatic nitrogens is 1. The number of hydrogen-bond acceptors (Lipinski definition) is 4. The Kier molecular flexibility index (Phi) is 5.61. The summed E-state index contributed by atoms with van der Waals surface area (Å²) in [7, 11) is 0. The molecule has 0 amide bonds. The zero-order valence-corrected chi connectivity index (χ0v) is 11.5. The van der Waals surface area contributed by atoms with Gasteiger partial charge in [0.15, 0.2) is 6.61 Å². The van der Waals surface area contributed by atoms with Gasteiger partial charge in [0.1, 0.15) is 5.56 Å². The van der Waals surface area contributed by atoms with Crippen LogP contribution in [0.4, 0.5) is 8.78 Å². The topological polar surface area (TPSA) is 48.4 Å². The van der Waals surface area contributed by atoms with Gasteiger partial charge in [-0.1, -0.05) is 19.6 Å². The highest BCUT2D eigenvalue weighted by Crippen LogP contribution is 2.25. The Labute approximate surface area is 116 Å². The fraction of sp³-hybridized carbons (Fsp3) is 0.429. The molecule has 0 N–H and O–H groups in total. The SMILES string of the molecule is C=Cc1ccnc(OCC(F)(F)CC)c1C(=O)OCC. The second-order valence-corrected chi connectivity index (χ2v) is 4.00. The number of carbonyl (C=O) groups is 1. The van der Waals surface area contributed by atoms with Gasteiger partial charge in [-0.2, -0.15) is 0 Å². The summed E-state index contributed by atoms with van der Waals surface area (Å²) in [6.45, 7) is 5.88. The molecule has 1 rings (SSSR count). The molecule has 110 valence electrons. The summed E-state index contributed by atoms with van der Waals surface area (Å²) in [6, 6.07) is 1.53. The first-order valence-electron chi connectivity index (χ1n) is 6.24. The highest BCUT2D eigenvalue weighted by atomic mass is 19.3. The molecule has 0 unspecified atom stereocenters. The van der Waals surface area contributed by atoms with Gasteiger partial charge >= 0.3 is 5.97 Å². The highest BCUT2D eigenvalue weighted by Gasteiger charge is 2.29. The molecule has 20 heavy (non-hydrogen) atoms. The molecule has 1 aromatic rings. The van der Waals surface area contributed by atoms with Crippen LogP contribution in [0.5, 0.6) is 5.88 Å². The number of rotatable bonds is 7. The maximum atomic E-state index is 13.2. The van der Waals surface area contributed by atoms with Crippen LogP contribution in [0.3, 0.4) is 0 Å². The van der Waals surface area contributed by atoms with Gasteiger partial charge in [0.05, 0.1) is 6.61 Å². The summed E-state index contributed by atoms with van der Waals surface area (Å²) in [5, 5.41) is 0. The molecule has 0 aliphatic carbocycles. The van der Waals surface area contributed by atoms with Gasteiger partial charge in [-0.25, -0.2) is 18.6 Å². The van der Waals surface area contributed by atoms with Crippen molar-refractivity contribution in [3.8, 4) is 5.88 Å². The fourth-order valence-electron chi connectivity index (χ4n) is 1.42. The number of halogens is 2. The second-order valence-electron chi connectivity index (χ2n) is 4.00. The lowest BCUT2D eigenvalue weighted by Gasteiger charge is -2.16. The number of alkyl halides is 2. The van der Waals surface area contributed by atoms with Crippen LogP contribution >= 0.6 is 0 Å². The molecule has 0 saturated heterocycles. The molecule has 4 nitrogen and oxygen atoms in total. The van der Waals surface area contributed by atoms with Crippen LogP contribution in [0.15, 0.2) is 18.8 Å². The maximum Gasteiger partial charge on any atom is 0.344 e. The van der Waals surface area contributed by atoms with E-state index in [0.717, 1.165) is 0 Å². The van der Waals surface area contributed by atoms with E-state index in [4.69, 9.17) is 9.47 Å². The van der Waals surface area contributed by atoms with Crippen LogP contribution in [0.1, 0.15) is 36.2 Å². The van der Waals surface area contributed by atoms with E-state index < -0.39 is 18.5 Å². The summed E-state index contributed by atoms with van der Waals surface area (Å²) in [6.07, 6.45) is 2.42. The fourth-order valence-corrected chi connectivity index (χ4v) is 1.42. The largest absolute Gasteiger partial charge is 0.471 e. The predicted molar refractivity (Wildman–Crippen MR) is 71.0 cm³/mol. The first kappa shape index (κ1) is 16.1. The monoisotopic (exact) mass is 285 g/mol. The van der Waals surface area contributed by atoms with E-state index in [1.807, 2.05) is 0 Å². The lowest BCUT2D eigenvalue weighted by atomic mass is 10.1. The average Bonchev–Trinajstić information content (AvgIpc) is 2.44. The molecule has 0 aliphatic heterocycles. The molecule has 1 aromatic heterocycles. The molecule has 0 bridgehead atoms. The summed E-state index contributed by atoms with van der Waals surface area (Å²) >= 11 is 0. The molecule has 1 heterocycles. The molecule has 0 radical (unpaired) electrons. The number of nitrogens with zero attached hydrogens (tertiary/aromatic N) is 1. The summed E-state index contributed by atoms with van der Waals surface area (Å²) in [5.41, 5.74) is 0.435. The van der Waals surface area contributed by atoms with Gasteiger partial charge < -0.3 is 9.47 Å². The quantitative estimate of drug-likeness (QED) is 0.721. The van der Waals surface area contributed by atoms with Gasteiger partial charge in [0.25, 0.3) is 5.92 Å². The normalized spacial score (nSPS) is 11.0. The van der Waals surface area contributed by atoms with Gasteiger partial charge in [-0.15, -0.1) is 0 Å². The molecule has 0 aliphatic rings. The lowest BCUT2D eigenvalue weighted by Crippen LogP contribution is -2.25. The smallest absolute Gasteiger partial charge is 0.344 e. The van der Waals surface area contributed by atoms with Crippen molar-refractivity contribution >= 4 is 12.0 Å². The first-order valence-corrected chi connectivity index (χ1v) is 6.24. The number of esters is 1. The van der Waals surface area contributed by atoms with Crippen molar-refractivity contribution in [1.82, 2.24) is 4.98 Å². The maximum absolute atomic E-state index is 13.2. The third-order valence-corrected chi connectivity index (χ3v) is 2.59. The standard InChI is InChI=1S/C14H17F2NO3/c1-4-10-7-8-17-12(11(10)13(18)19-6-3)20-9-14(15,16)5-2/h4,7-8H,1,5-6,9H2,2-3H3. The zero-order valence-electron chi connectivity index (χ0n) is 11.5. The summed E-state index contributed by atoms with van der Waals surface area (Å²) < 4.78 is 36.3. The third kappa shape index (κ3) is 4.01. The molecular weight excluding hydrogens is 268 g/mol. The molecular formula is C14H17F2NO3. The van der Waals surface area contributed by atoms with Crippen LogP contribution in [0.2, 0.25) is 0 Å². The average molecular weight is 285 g/mol. The van der Waals surface area contributed by atoms with Gasteiger partial charge in [0.2, 0.25) is 5.88 Å². The Morgan fingerprint density at radius 3 is 2.75 bits per heavy atom. The minimum Gasteiger partial charge on any atom is -0.471 e. The molecule has 0 saturated carbocycles. The predicted octanol–water partition coefficient (Wildman–Crippen LogP) is 3.33. The minimum absolute atomic E-state index is 0.0104. The number of hydrogen-bond donors (Lipinski definition) is 0. The highest BCUT2D eigenvalue weighted by molar-refractivity contribution is 5.95. The number of ether oxygens (including phenoxy) is 2. The Hall–Kier alpha value is -1.98. The van der Waals surface area contributed by atoms with Crippen molar-refractivity contribution in [1.29, 1.82) is 0 Å². The van der Waals surface area contributed by atoms with Crippen molar-refractivity contribution in [3.05, 3.63) is 30.0 Å². The van der Waals surface area contributed by atoms with E-state index in [2.05, 4.69) is 11.6 Å². The van der Waals surface area contributed by atoms with E-state index >= 15 is 0 Å². The summed E-state index contributed by atoms with van der Waals surface area (Å²) in [4.78, 5) is 15.7. The van der Waals surface area contributed by atoms with Crippen LogP contribution in [-0.2, 0) is 4.74 Å². The van der Waals surface area contributed by atoms with E-state index in [9.17, 15) is 13.6 Å². The Morgan fingerprint density at radius 1 is 1.50 bits per heavy atom. The number of pyridine rings is 1. The van der Waals surface area contributed by atoms with Crippen molar-refractivity contribution in [3.63, 3.8) is 0 Å². The Bertz CT molecular complexity index is 489. The van der Waals surface area contributed by atoms with Crippen LogP contribution in [-0.4, -0.2) is 30.1 Å². The minimum atomic E-state index is -2.97. The summed E-state index contributed by atoms with van der Waals surface area (Å²) in [5.74, 6) is -3.82. The van der Waals surface area contributed by atoms with Crippen LogP contribution < -0.4 is 4.74 Å². The van der Waals surface area contributed by atoms with Crippen LogP contribution in [0, 0.1) is 0 Å².